The van der Waals surface area contributed by atoms with Gasteiger partial charge in [0.1, 0.15) is 0 Å². The van der Waals surface area contributed by atoms with Gasteiger partial charge in [0.15, 0.2) is 0 Å². The molecular weight excluding hydrogens is 322 g/mol. The molecule has 6 heteroatoms. The molecule has 0 aliphatic carbocycles. The van der Waals surface area contributed by atoms with Gasteiger partial charge in [0, 0.05) is 47.8 Å². The topological polar surface area (TPSA) is 67.9 Å². The molecule has 3 heterocycles. The summed E-state index contributed by atoms with van der Waals surface area (Å²) in [4.78, 5) is 15.9. The van der Waals surface area contributed by atoms with E-state index in [1.807, 2.05) is 36.7 Å². The van der Waals surface area contributed by atoms with Crippen molar-refractivity contribution >= 4 is 22.5 Å². The standard InChI is InChI=1S/C18H18ClN5/c19-14-1-2-17-12(6-14)5-13(7-22-17)18-9-21-16(8-23-18)11-24-4-3-15(20)10-24/h1-2,5-9,15H,3-4,10-11,20H2. The van der Waals surface area contributed by atoms with Crippen molar-refractivity contribution in [1.82, 2.24) is 19.9 Å². The van der Waals surface area contributed by atoms with Crippen LogP contribution in [-0.2, 0) is 6.54 Å². The van der Waals surface area contributed by atoms with Crippen LogP contribution in [0.3, 0.4) is 0 Å². The summed E-state index contributed by atoms with van der Waals surface area (Å²) in [5, 5.41) is 1.70. The Balaban J connectivity index is 1.56. The maximum atomic E-state index is 6.06. The third kappa shape index (κ3) is 3.24. The van der Waals surface area contributed by atoms with E-state index in [1.165, 1.54) is 0 Å². The number of nitrogens with two attached hydrogens (primary N) is 1. The van der Waals surface area contributed by atoms with Crippen LogP contribution in [-0.4, -0.2) is 39.0 Å². The van der Waals surface area contributed by atoms with Crippen molar-refractivity contribution in [2.45, 2.75) is 19.0 Å². The predicted molar refractivity (Wildman–Crippen MR) is 95.6 cm³/mol. The van der Waals surface area contributed by atoms with Gasteiger partial charge in [-0.3, -0.25) is 19.9 Å². The van der Waals surface area contributed by atoms with Gasteiger partial charge in [0.25, 0.3) is 0 Å². The summed E-state index contributed by atoms with van der Waals surface area (Å²) < 4.78 is 0. The van der Waals surface area contributed by atoms with Gasteiger partial charge in [-0.2, -0.15) is 0 Å². The summed E-state index contributed by atoms with van der Waals surface area (Å²) >= 11 is 6.06. The van der Waals surface area contributed by atoms with Crippen molar-refractivity contribution in [3.63, 3.8) is 0 Å². The average molecular weight is 340 g/mol. The molecule has 3 aromatic rings. The number of fused-ring (bicyclic) bond motifs is 1. The van der Waals surface area contributed by atoms with E-state index in [2.05, 4.69) is 19.9 Å². The lowest BCUT2D eigenvalue weighted by atomic mass is 10.1. The molecule has 122 valence electrons. The number of hydrogen-bond acceptors (Lipinski definition) is 5. The van der Waals surface area contributed by atoms with Crippen molar-refractivity contribution in [1.29, 1.82) is 0 Å². The molecule has 0 spiro atoms. The molecule has 24 heavy (non-hydrogen) atoms. The lowest BCUT2D eigenvalue weighted by Gasteiger charge is -2.14. The highest BCUT2D eigenvalue weighted by Crippen LogP contribution is 2.23. The first-order valence-electron chi connectivity index (χ1n) is 8.02. The van der Waals surface area contributed by atoms with Crippen LogP contribution in [0.5, 0.6) is 0 Å². The number of aromatic nitrogens is 3. The number of nitrogens with zero attached hydrogens (tertiary/aromatic N) is 4. The third-order valence-corrected chi connectivity index (χ3v) is 4.57. The second-order valence-corrected chi connectivity index (χ2v) is 6.67. The number of halogens is 1. The number of hydrogen-bond donors (Lipinski definition) is 1. The van der Waals surface area contributed by atoms with Crippen LogP contribution < -0.4 is 5.73 Å². The number of rotatable bonds is 3. The van der Waals surface area contributed by atoms with Crippen LogP contribution in [0.1, 0.15) is 12.1 Å². The van der Waals surface area contributed by atoms with Crippen LogP contribution in [0.15, 0.2) is 42.9 Å². The van der Waals surface area contributed by atoms with Gasteiger partial charge in [-0.05, 0) is 30.7 Å². The zero-order valence-corrected chi connectivity index (χ0v) is 13.9. The van der Waals surface area contributed by atoms with Crippen LogP contribution in [0.4, 0.5) is 0 Å². The van der Waals surface area contributed by atoms with Crippen molar-refractivity contribution in [2.75, 3.05) is 13.1 Å². The quantitative estimate of drug-likeness (QED) is 0.794. The van der Waals surface area contributed by atoms with E-state index in [9.17, 15) is 0 Å². The molecule has 0 radical (unpaired) electrons. The molecule has 4 rings (SSSR count). The normalized spacial score (nSPS) is 18.3. The molecule has 0 saturated carbocycles. The Bertz CT molecular complexity index is 865. The van der Waals surface area contributed by atoms with Gasteiger partial charge >= 0.3 is 0 Å². The monoisotopic (exact) mass is 339 g/mol. The second-order valence-electron chi connectivity index (χ2n) is 6.24. The highest BCUT2D eigenvalue weighted by molar-refractivity contribution is 6.31. The van der Waals surface area contributed by atoms with Crippen molar-refractivity contribution in [2.24, 2.45) is 5.73 Å². The van der Waals surface area contributed by atoms with E-state index < -0.39 is 0 Å². The first-order valence-corrected chi connectivity index (χ1v) is 8.40. The van der Waals surface area contributed by atoms with E-state index in [1.54, 1.807) is 6.20 Å². The molecule has 1 unspecified atom stereocenters. The SMILES string of the molecule is NC1CCN(Cc2cnc(-c3cnc4ccc(Cl)cc4c3)cn2)C1. The zero-order chi connectivity index (χ0) is 16.5. The molecule has 1 aliphatic rings. The van der Waals surface area contributed by atoms with Crippen molar-refractivity contribution in [3.05, 3.63) is 53.6 Å². The Morgan fingerprint density at radius 3 is 2.79 bits per heavy atom. The fraction of sp³-hybridized carbons (Fsp3) is 0.278. The fourth-order valence-electron chi connectivity index (χ4n) is 3.06. The Kier molecular flexibility index (Phi) is 4.14. The summed E-state index contributed by atoms with van der Waals surface area (Å²) in [6.45, 7) is 2.76. The minimum atomic E-state index is 0.285. The Hall–Kier alpha value is -2.08. The number of benzene rings is 1. The molecule has 2 aromatic heterocycles. The molecule has 0 bridgehead atoms. The summed E-state index contributed by atoms with van der Waals surface area (Å²) in [6, 6.07) is 7.99. The Morgan fingerprint density at radius 1 is 1.12 bits per heavy atom. The molecule has 5 nitrogen and oxygen atoms in total. The van der Waals surface area contributed by atoms with Crippen molar-refractivity contribution in [3.8, 4) is 11.3 Å². The molecule has 1 atom stereocenters. The first-order chi connectivity index (χ1) is 11.7. The van der Waals surface area contributed by atoms with E-state index in [0.29, 0.717) is 5.02 Å². The third-order valence-electron chi connectivity index (χ3n) is 4.34. The van der Waals surface area contributed by atoms with E-state index >= 15 is 0 Å². The van der Waals surface area contributed by atoms with Crippen LogP contribution in [0.2, 0.25) is 5.02 Å². The zero-order valence-electron chi connectivity index (χ0n) is 13.2. The van der Waals surface area contributed by atoms with E-state index in [-0.39, 0.29) is 6.04 Å². The average Bonchev–Trinajstić information content (AvgIpc) is 3.00. The van der Waals surface area contributed by atoms with Crippen LogP contribution in [0, 0.1) is 0 Å². The van der Waals surface area contributed by atoms with E-state index in [4.69, 9.17) is 17.3 Å². The first kappa shape index (κ1) is 15.4. The highest BCUT2D eigenvalue weighted by atomic mass is 35.5. The number of pyridine rings is 1. The minimum absolute atomic E-state index is 0.285. The summed E-state index contributed by atoms with van der Waals surface area (Å²) in [5.41, 5.74) is 9.57. The molecule has 1 aliphatic heterocycles. The Morgan fingerprint density at radius 2 is 2.04 bits per heavy atom. The lowest BCUT2D eigenvalue weighted by molar-refractivity contribution is 0.322. The number of likely N-dealkylation sites (tertiary alicyclic amines) is 1. The summed E-state index contributed by atoms with van der Waals surface area (Å²) in [7, 11) is 0. The predicted octanol–water partition coefficient (Wildman–Crippen LogP) is 2.88. The molecule has 0 amide bonds. The Labute approximate surface area is 145 Å². The van der Waals surface area contributed by atoms with Crippen molar-refractivity contribution < 1.29 is 0 Å². The minimum Gasteiger partial charge on any atom is -0.326 e. The lowest BCUT2D eigenvalue weighted by Crippen LogP contribution is -2.26. The van der Waals surface area contributed by atoms with Gasteiger partial charge in [-0.25, -0.2) is 0 Å². The molecular formula is C18H18ClN5. The van der Waals surface area contributed by atoms with E-state index in [0.717, 1.165) is 53.9 Å². The van der Waals surface area contributed by atoms with Gasteiger partial charge in [0.05, 0.1) is 29.3 Å². The largest absolute Gasteiger partial charge is 0.326 e. The molecule has 1 saturated heterocycles. The maximum Gasteiger partial charge on any atom is 0.0901 e. The molecule has 1 aromatic carbocycles. The summed E-state index contributed by atoms with van der Waals surface area (Å²) in [5.74, 6) is 0. The van der Waals surface area contributed by atoms with Crippen LogP contribution >= 0.6 is 11.6 Å². The van der Waals surface area contributed by atoms with Gasteiger partial charge < -0.3 is 5.73 Å². The van der Waals surface area contributed by atoms with Gasteiger partial charge in [-0.1, -0.05) is 11.6 Å². The van der Waals surface area contributed by atoms with Gasteiger partial charge in [-0.15, -0.1) is 0 Å². The second kappa shape index (κ2) is 6.43. The van der Waals surface area contributed by atoms with Gasteiger partial charge in [0.2, 0.25) is 0 Å². The highest BCUT2D eigenvalue weighted by Gasteiger charge is 2.19. The molecule has 2 N–H and O–H groups in total. The fourth-order valence-corrected chi connectivity index (χ4v) is 3.24. The molecule has 1 fully saturated rings. The summed E-state index contributed by atoms with van der Waals surface area (Å²) in [6.07, 6.45) is 6.51. The smallest absolute Gasteiger partial charge is 0.0901 e. The maximum absolute atomic E-state index is 6.06. The van der Waals surface area contributed by atoms with Crippen LogP contribution in [0.25, 0.3) is 22.2 Å².